The molecule has 0 aromatic heterocycles. The lowest BCUT2D eigenvalue weighted by Gasteiger charge is -2.11. The Bertz CT molecular complexity index is 524. The zero-order chi connectivity index (χ0) is 19.0. The van der Waals surface area contributed by atoms with Gasteiger partial charge >= 0.3 is 0 Å². The van der Waals surface area contributed by atoms with Crippen molar-refractivity contribution >= 4 is 35.8 Å². The molecular formula is C20H35IN4O2. The Morgan fingerprint density at radius 3 is 2.52 bits per heavy atom. The van der Waals surface area contributed by atoms with Gasteiger partial charge in [-0.25, -0.2) is 0 Å². The number of benzene rings is 1. The highest BCUT2D eigenvalue weighted by Crippen LogP contribution is 1.98. The van der Waals surface area contributed by atoms with Gasteiger partial charge in [-0.05, 0) is 24.8 Å². The lowest BCUT2D eigenvalue weighted by Crippen LogP contribution is -2.39. The van der Waals surface area contributed by atoms with E-state index in [1.807, 2.05) is 37.3 Å². The topological polar surface area (TPSA) is 74.8 Å². The molecular weight excluding hydrogens is 455 g/mol. The summed E-state index contributed by atoms with van der Waals surface area (Å²) in [5.41, 5.74) is 1.10. The molecule has 0 saturated carbocycles. The van der Waals surface area contributed by atoms with Gasteiger partial charge in [-0.15, -0.1) is 24.0 Å². The maximum atomic E-state index is 11.9. The lowest BCUT2D eigenvalue weighted by molar-refractivity contribution is -0.121. The largest absolute Gasteiger partial charge is 0.380 e. The molecule has 0 aliphatic carbocycles. The molecule has 154 valence electrons. The molecule has 3 N–H and O–H groups in total. The van der Waals surface area contributed by atoms with E-state index in [0.29, 0.717) is 38.6 Å². The molecule has 1 amide bonds. The molecule has 27 heavy (non-hydrogen) atoms. The van der Waals surface area contributed by atoms with Gasteiger partial charge in [0.25, 0.3) is 0 Å². The molecule has 0 bridgehead atoms. The average molecular weight is 490 g/mol. The number of ether oxygens (including phenoxy) is 1. The van der Waals surface area contributed by atoms with E-state index in [-0.39, 0.29) is 29.9 Å². The van der Waals surface area contributed by atoms with Gasteiger partial charge < -0.3 is 20.7 Å². The number of carbonyl (C=O) groups excluding carboxylic acids is 1. The summed E-state index contributed by atoms with van der Waals surface area (Å²) in [6.45, 7) is 10.3. The van der Waals surface area contributed by atoms with Crippen molar-refractivity contribution in [3.8, 4) is 0 Å². The van der Waals surface area contributed by atoms with Crippen LogP contribution >= 0.6 is 24.0 Å². The van der Waals surface area contributed by atoms with Crippen LogP contribution in [0.1, 0.15) is 39.2 Å². The third kappa shape index (κ3) is 14.4. The van der Waals surface area contributed by atoms with Gasteiger partial charge in [0.05, 0.1) is 13.2 Å². The van der Waals surface area contributed by atoms with Crippen LogP contribution in [0.2, 0.25) is 0 Å². The number of guanidine groups is 1. The number of rotatable bonds is 12. The monoisotopic (exact) mass is 490 g/mol. The van der Waals surface area contributed by atoms with Crippen molar-refractivity contribution < 1.29 is 9.53 Å². The number of nitrogens with zero attached hydrogens (tertiary/aromatic N) is 1. The van der Waals surface area contributed by atoms with E-state index >= 15 is 0 Å². The lowest BCUT2D eigenvalue weighted by atomic mass is 10.1. The van der Waals surface area contributed by atoms with Crippen molar-refractivity contribution in [1.29, 1.82) is 0 Å². The smallest absolute Gasteiger partial charge is 0.222 e. The van der Waals surface area contributed by atoms with Gasteiger partial charge in [0.2, 0.25) is 5.91 Å². The fraction of sp³-hybridized carbons (Fsp3) is 0.600. The summed E-state index contributed by atoms with van der Waals surface area (Å²) in [7, 11) is 0. The van der Waals surface area contributed by atoms with Crippen LogP contribution < -0.4 is 16.0 Å². The molecule has 0 fully saturated rings. The van der Waals surface area contributed by atoms with E-state index in [4.69, 9.17) is 4.74 Å². The number of carbonyl (C=O) groups is 1. The van der Waals surface area contributed by atoms with Gasteiger partial charge in [0.15, 0.2) is 5.96 Å². The predicted octanol–water partition coefficient (Wildman–Crippen LogP) is 2.93. The summed E-state index contributed by atoms with van der Waals surface area (Å²) < 4.78 is 5.56. The Hall–Kier alpha value is -1.35. The molecule has 0 unspecified atom stereocenters. The summed E-state index contributed by atoms with van der Waals surface area (Å²) in [5.74, 6) is 1.40. The van der Waals surface area contributed by atoms with Crippen LogP contribution in [0.3, 0.4) is 0 Å². The Kier molecular flexibility index (Phi) is 16.0. The van der Waals surface area contributed by atoms with Gasteiger partial charge in [0.1, 0.15) is 0 Å². The Labute approximate surface area is 181 Å². The number of aliphatic imine (C=N–C) groups is 1. The predicted molar refractivity (Wildman–Crippen MR) is 123 cm³/mol. The molecule has 1 aromatic carbocycles. The third-order valence-electron chi connectivity index (χ3n) is 3.67. The van der Waals surface area contributed by atoms with Gasteiger partial charge in [-0.1, -0.05) is 44.2 Å². The fourth-order valence-electron chi connectivity index (χ4n) is 2.16. The second-order valence-corrected chi connectivity index (χ2v) is 6.49. The first-order valence-corrected chi connectivity index (χ1v) is 9.52. The zero-order valence-electron chi connectivity index (χ0n) is 16.8. The molecule has 1 aromatic rings. The van der Waals surface area contributed by atoms with Crippen LogP contribution in [0.5, 0.6) is 0 Å². The van der Waals surface area contributed by atoms with Crippen LogP contribution in [0, 0.1) is 5.92 Å². The summed E-state index contributed by atoms with van der Waals surface area (Å²) in [6.07, 6.45) is 1.47. The van der Waals surface area contributed by atoms with Gasteiger partial charge in [-0.2, -0.15) is 0 Å². The third-order valence-corrected chi connectivity index (χ3v) is 3.67. The first-order valence-electron chi connectivity index (χ1n) is 9.52. The van der Waals surface area contributed by atoms with E-state index in [1.165, 1.54) is 0 Å². The second-order valence-electron chi connectivity index (χ2n) is 6.49. The number of hydrogen-bond acceptors (Lipinski definition) is 3. The van der Waals surface area contributed by atoms with Crippen molar-refractivity contribution in [1.82, 2.24) is 16.0 Å². The quantitative estimate of drug-likeness (QED) is 0.182. The van der Waals surface area contributed by atoms with Crippen LogP contribution in [0.15, 0.2) is 35.3 Å². The highest BCUT2D eigenvalue weighted by molar-refractivity contribution is 14.0. The first kappa shape index (κ1) is 25.6. The molecule has 0 saturated heterocycles. The number of nitrogens with one attached hydrogen (secondary N) is 3. The highest BCUT2D eigenvalue weighted by Gasteiger charge is 2.03. The van der Waals surface area contributed by atoms with Crippen molar-refractivity contribution in [2.75, 3.05) is 32.8 Å². The van der Waals surface area contributed by atoms with Crippen molar-refractivity contribution in [3.63, 3.8) is 0 Å². The molecule has 6 nitrogen and oxygen atoms in total. The molecule has 0 spiro atoms. The number of amides is 1. The Morgan fingerprint density at radius 1 is 1.11 bits per heavy atom. The summed E-state index contributed by atoms with van der Waals surface area (Å²) in [5, 5.41) is 9.28. The molecule has 0 heterocycles. The van der Waals surface area contributed by atoms with E-state index < -0.39 is 0 Å². The average Bonchev–Trinajstić information content (AvgIpc) is 2.63. The highest BCUT2D eigenvalue weighted by atomic mass is 127. The maximum absolute atomic E-state index is 11.9. The maximum Gasteiger partial charge on any atom is 0.222 e. The SMILES string of the molecule is CCNC(=NCCOCCC(C)C)NCCC(=O)NCc1ccccc1.I. The van der Waals surface area contributed by atoms with Crippen molar-refractivity contribution in [2.24, 2.45) is 10.9 Å². The van der Waals surface area contributed by atoms with Crippen LogP contribution in [0.25, 0.3) is 0 Å². The fourth-order valence-corrected chi connectivity index (χ4v) is 2.16. The van der Waals surface area contributed by atoms with Gasteiger partial charge in [-0.3, -0.25) is 9.79 Å². The molecule has 1 rings (SSSR count). The molecule has 0 aliphatic heterocycles. The van der Waals surface area contributed by atoms with E-state index in [2.05, 4.69) is 34.8 Å². The summed E-state index contributed by atoms with van der Waals surface area (Å²) >= 11 is 0. The minimum atomic E-state index is 0. The summed E-state index contributed by atoms with van der Waals surface area (Å²) in [6, 6.07) is 9.89. The van der Waals surface area contributed by atoms with Crippen molar-refractivity contribution in [3.05, 3.63) is 35.9 Å². The van der Waals surface area contributed by atoms with E-state index in [0.717, 1.165) is 31.1 Å². The van der Waals surface area contributed by atoms with E-state index in [9.17, 15) is 4.79 Å². The normalized spacial score (nSPS) is 11.0. The standard InChI is InChI=1S/C20H34N4O2.HI/c1-4-21-20(23-13-15-26-14-11-17(2)3)22-12-10-19(25)24-16-18-8-6-5-7-9-18;/h5-9,17H,4,10-16H2,1-3H3,(H,24,25)(H2,21,22,23);1H. The molecule has 0 aliphatic rings. The van der Waals surface area contributed by atoms with E-state index in [1.54, 1.807) is 0 Å². The van der Waals surface area contributed by atoms with Gasteiger partial charge in [0, 0.05) is 32.7 Å². The molecule has 7 heteroatoms. The zero-order valence-corrected chi connectivity index (χ0v) is 19.1. The Morgan fingerprint density at radius 2 is 1.85 bits per heavy atom. The first-order chi connectivity index (χ1) is 12.6. The van der Waals surface area contributed by atoms with Crippen molar-refractivity contribution in [2.45, 2.75) is 40.2 Å². The minimum Gasteiger partial charge on any atom is -0.380 e. The number of hydrogen-bond donors (Lipinski definition) is 3. The molecule has 0 atom stereocenters. The van der Waals surface area contributed by atoms with Crippen LogP contribution in [-0.4, -0.2) is 44.7 Å². The molecule has 0 radical (unpaired) electrons. The minimum absolute atomic E-state index is 0. The Balaban J connectivity index is 0.00000676. The van der Waals surface area contributed by atoms with Crippen LogP contribution in [0.4, 0.5) is 0 Å². The number of halogens is 1. The summed E-state index contributed by atoms with van der Waals surface area (Å²) in [4.78, 5) is 16.4. The van der Waals surface area contributed by atoms with Crippen LogP contribution in [-0.2, 0) is 16.1 Å². The second kappa shape index (κ2) is 16.8.